The molecule has 2 rings (SSSR count). The first-order valence-corrected chi connectivity index (χ1v) is 6.50. The highest BCUT2D eigenvalue weighted by molar-refractivity contribution is 9.10. The van der Waals surface area contributed by atoms with E-state index in [9.17, 15) is 4.79 Å². The number of rotatable bonds is 5. The second kappa shape index (κ2) is 6.33. The van der Waals surface area contributed by atoms with Gasteiger partial charge < -0.3 is 15.2 Å². The number of halogens is 1. The Hall–Kier alpha value is -2.15. The third-order valence-electron chi connectivity index (χ3n) is 2.64. The Morgan fingerprint density at radius 1 is 1.50 bits per heavy atom. The fourth-order valence-electron chi connectivity index (χ4n) is 1.63. The van der Waals surface area contributed by atoms with Crippen LogP contribution in [0.15, 0.2) is 35.2 Å². The molecule has 20 heavy (non-hydrogen) atoms. The Bertz CT molecular complexity index is 634. The van der Waals surface area contributed by atoms with E-state index in [1.165, 1.54) is 12.5 Å². The molecule has 0 saturated heterocycles. The standard InChI is InChI=1S/C13H12BrN3O3/c1-20-12-4-8(2-3-10(12)14)16-6-11-9(13(18)19)5-15-7-17-11/h2-5,7,16H,6H2,1H3,(H,18,19). The average Bonchev–Trinajstić information content (AvgIpc) is 2.46. The van der Waals surface area contributed by atoms with Crippen molar-refractivity contribution in [2.75, 3.05) is 12.4 Å². The number of nitrogens with zero attached hydrogens (tertiary/aromatic N) is 2. The first-order chi connectivity index (χ1) is 9.61. The fraction of sp³-hybridized carbons (Fsp3) is 0.154. The van der Waals surface area contributed by atoms with Crippen LogP contribution in [0.5, 0.6) is 5.75 Å². The lowest BCUT2D eigenvalue weighted by molar-refractivity contribution is 0.0694. The summed E-state index contributed by atoms with van der Waals surface area (Å²) < 4.78 is 6.04. The number of carboxylic acid groups (broad SMARTS) is 1. The number of hydrogen-bond donors (Lipinski definition) is 2. The molecule has 2 N–H and O–H groups in total. The van der Waals surface area contributed by atoms with Gasteiger partial charge in [0.2, 0.25) is 0 Å². The fourth-order valence-corrected chi connectivity index (χ4v) is 2.04. The van der Waals surface area contributed by atoms with Crippen molar-refractivity contribution in [3.8, 4) is 5.75 Å². The maximum Gasteiger partial charge on any atom is 0.339 e. The van der Waals surface area contributed by atoms with Gasteiger partial charge in [-0.2, -0.15) is 0 Å². The van der Waals surface area contributed by atoms with Crippen LogP contribution in [-0.4, -0.2) is 28.2 Å². The quantitative estimate of drug-likeness (QED) is 0.872. The van der Waals surface area contributed by atoms with Gasteiger partial charge >= 0.3 is 5.97 Å². The second-order valence-corrected chi connectivity index (χ2v) is 4.75. The molecule has 0 atom stereocenters. The normalized spacial score (nSPS) is 10.1. The molecule has 0 aliphatic carbocycles. The lowest BCUT2D eigenvalue weighted by Gasteiger charge is -2.10. The molecular formula is C13H12BrN3O3. The molecular weight excluding hydrogens is 326 g/mol. The van der Waals surface area contributed by atoms with E-state index in [0.29, 0.717) is 11.4 Å². The van der Waals surface area contributed by atoms with Crippen LogP contribution in [0.2, 0.25) is 0 Å². The zero-order valence-electron chi connectivity index (χ0n) is 10.6. The van der Waals surface area contributed by atoms with E-state index in [1.807, 2.05) is 18.2 Å². The largest absolute Gasteiger partial charge is 0.495 e. The first-order valence-electron chi connectivity index (χ1n) is 5.71. The van der Waals surface area contributed by atoms with Crippen LogP contribution >= 0.6 is 15.9 Å². The molecule has 1 aromatic carbocycles. The summed E-state index contributed by atoms with van der Waals surface area (Å²) in [6.07, 6.45) is 2.61. The highest BCUT2D eigenvalue weighted by Crippen LogP contribution is 2.28. The Morgan fingerprint density at radius 2 is 2.30 bits per heavy atom. The minimum atomic E-state index is -1.05. The lowest BCUT2D eigenvalue weighted by Crippen LogP contribution is -2.10. The summed E-state index contributed by atoms with van der Waals surface area (Å²) in [6.45, 7) is 0.287. The van der Waals surface area contributed by atoms with Gasteiger partial charge in [-0.15, -0.1) is 0 Å². The first kappa shape index (κ1) is 14.3. The van der Waals surface area contributed by atoms with E-state index in [-0.39, 0.29) is 12.1 Å². The van der Waals surface area contributed by atoms with Crippen molar-refractivity contribution in [1.29, 1.82) is 0 Å². The van der Waals surface area contributed by atoms with Crippen LogP contribution in [0.1, 0.15) is 16.1 Å². The second-order valence-electron chi connectivity index (χ2n) is 3.89. The van der Waals surface area contributed by atoms with Crippen LogP contribution < -0.4 is 10.1 Å². The third kappa shape index (κ3) is 3.24. The number of carboxylic acids is 1. The van der Waals surface area contributed by atoms with Crippen molar-refractivity contribution in [3.63, 3.8) is 0 Å². The summed E-state index contributed by atoms with van der Waals surface area (Å²) >= 11 is 3.37. The third-order valence-corrected chi connectivity index (χ3v) is 3.29. The number of carbonyl (C=O) groups is 1. The zero-order chi connectivity index (χ0) is 14.5. The number of ether oxygens (including phenoxy) is 1. The van der Waals surface area contributed by atoms with Crippen molar-refractivity contribution in [2.24, 2.45) is 0 Å². The van der Waals surface area contributed by atoms with Crippen LogP contribution in [0.4, 0.5) is 5.69 Å². The molecule has 6 nitrogen and oxygen atoms in total. The maximum absolute atomic E-state index is 11.0. The number of aromatic nitrogens is 2. The SMILES string of the molecule is COc1cc(NCc2ncncc2C(=O)O)ccc1Br. The van der Waals surface area contributed by atoms with E-state index >= 15 is 0 Å². The summed E-state index contributed by atoms with van der Waals surface area (Å²) in [5, 5.41) is 12.2. The molecule has 7 heteroatoms. The number of hydrogen-bond acceptors (Lipinski definition) is 5. The molecule has 0 bridgehead atoms. The molecule has 0 radical (unpaired) electrons. The zero-order valence-corrected chi connectivity index (χ0v) is 12.2. The van der Waals surface area contributed by atoms with Crippen molar-refractivity contribution < 1.29 is 14.6 Å². The molecule has 0 amide bonds. The molecule has 0 aliphatic rings. The highest BCUT2D eigenvalue weighted by atomic mass is 79.9. The smallest absolute Gasteiger partial charge is 0.339 e. The summed E-state index contributed by atoms with van der Waals surface area (Å²) in [5.41, 5.74) is 1.32. The van der Waals surface area contributed by atoms with Gasteiger partial charge in [0, 0.05) is 18.0 Å². The number of nitrogens with one attached hydrogen (secondary N) is 1. The van der Waals surface area contributed by atoms with Gasteiger partial charge in [0.25, 0.3) is 0 Å². The van der Waals surface area contributed by atoms with Crippen molar-refractivity contribution in [2.45, 2.75) is 6.54 Å². The number of benzene rings is 1. The molecule has 0 aliphatic heterocycles. The average molecular weight is 338 g/mol. The molecule has 0 spiro atoms. The highest BCUT2D eigenvalue weighted by Gasteiger charge is 2.11. The minimum Gasteiger partial charge on any atom is -0.495 e. The van der Waals surface area contributed by atoms with Gasteiger partial charge in [0.1, 0.15) is 17.6 Å². The predicted molar refractivity (Wildman–Crippen MR) is 77.0 cm³/mol. The van der Waals surface area contributed by atoms with E-state index < -0.39 is 5.97 Å². The molecule has 104 valence electrons. The Kier molecular flexibility index (Phi) is 4.52. The van der Waals surface area contributed by atoms with Crippen molar-refractivity contribution in [1.82, 2.24) is 9.97 Å². The summed E-state index contributed by atoms with van der Waals surface area (Å²) in [4.78, 5) is 18.7. The molecule has 0 fully saturated rings. The Labute approximate surface area is 124 Å². The molecule has 0 unspecified atom stereocenters. The maximum atomic E-state index is 11.0. The van der Waals surface area contributed by atoms with Crippen LogP contribution in [0.25, 0.3) is 0 Å². The van der Waals surface area contributed by atoms with Crippen LogP contribution in [0, 0.1) is 0 Å². The molecule has 1 aromatic heterocycles. The van der Waals surface area contributed by atoms with Gasteiger partial charge in [-0.3, -0.25) is 0 Å². The van der Waals surface area contributed by atoms with Gasteiger partial charge in [0.05, 0.1) is 23.8 Å². The van der Waals surface area contributed by atoms with E-state index in [1.54, 1.807) is 7.11 Å². The van der Waals surface area contributed by atoms with Gasteiger partial charge in [-0.05, 0) is 28.1 Å². The number of aromatic carboxylic acids is 1. The number of methoxy groups -OCH3 is 1. The summed E-state index contributed by atoms with van der Waals surface area (Å²) in [6, 6.07) is 5.51. The molecule has 1 heterocycles. The van der Waals surface area contributed by atoms with Crippen LogP contribution in [0.3, 0.4) is 0 Å². The van der Waals surface area contributed by atoms with E-state index in [0.717, 1.165) is 10.2 Å². The van der Waals surface area contributed by atoms with E-state index in [2.05, 4.69) is 31.2 Å². The van der Waals surface area contributed by atoms with Gasteiger partial charge in [-0.25, -0.2) is 14.8 Å². The monoisotopic (exact) mass is 337 g/mol. The van der Waals surface area contributed by atoms with E-state index in [4.69, 9.17) is 9.84 Å². The predicted octanol–water partition coefficient (Wildman–Crippen LogP) is 2.56. The van der Waals surface area contributed by atoms with Crippen LogP contribution in [-0.2, 0) is 6.54 Å². The van der Waals surface area contributed by atoms with Gasteiger partial charge in [-0.1, -0.05) is 0 Å². The minimum absolute atomic E-state index is 0.0871. The molecule has 0 saturated carbocycles. The summed E-state index contributed by atoms with van der Waals surface area (Å²) in [5.74, 6) is -0.355. The van der Waals surface area contributed by atoms with Crippen molar-refractivity contribution in [3.05, 3.63) is 46.5 Å². The van der Waals surface area contributed by atoms with Crippen molar-refractivity contribution >= 4 is 27.6 Å². The number of anilines is 1. The summed E-state index contributed by atoms with van der Waals surface area (Å²) in [7, 11) is 1.58. The molecule has 2 aromatic rings. The topological polar surface area (TPSA) is 84.3 Å². The van der Waals surface area contributed by atoms with Gasteiger partial charge in [0.15, 0.2) is 0 Å². The Balaban J connectivity index is 2.15. The lowest BCUT2D eigenvalue weighted by atomic mass is 10.2. The Morgan fingerprint density at radius 3 is 3.00 bits per heavy atom.